The standard InChI is InChI=1S/C23H18N2O2/c1-15-6-8-16(9-7-15)14-17-10-11-19-21(23(26)27-13-12-24)18-4-2-3-5-20(18)25-22(17)19/h2-9,14H,10-11,13H2,1H3/b17-14+. The third kappa shape index (κ3) is 3.20. The number of nitrogens with zero attached hydrogens (tertiary/aromatic N) is 2. The molecule has 0 spiro atoms. The lowest BCUT2D eigenvalue weighted by molar-refractivity contribution is 0.0556. The fourth-order valence-electron chi connectivity index (χ4n) is 3.55. The lowest BCUT2D eigenvalue weighted by Gasteiger charge is -2.11. The van der Waals surface area contributed by atoms with E-state index in [0.717, 1.165) is 46.1 Å². The van der Waals surface area contributed by atoms with E-state index in [9.17, 15) is 4.79 Å². The summed E-state index contributed by atoms with van der Waals surface area (Å²) in [5.74, 6) is -0.456. The van der Waals surface area contributed by atoms with E-state index >= 15 is 0 Å². The molecule has 3 aromatic rings. The summed E-state index contributed by atoms with van der Waals surface area (Å²) < 4.78 is 5.13. The molecular formula is C23H18N2O2. The molecule has 132 valence electrons. The predicted molar refractivity (Wildman–Crippen MR) is 105 cm³/mol. The number of ether oxygens (including phenoxy) is 1. The summed E-state index contributed by atoms with van der Waals surface area (Å²) >= 11 is 0. The Morgan fingerprint density at radius 3 is 2.74 bits per heavy atom. The zero-order valence-corrected chi connectivity index (χ0v) is 15.0. The van der Waals surface area contributed by atoms with Crippen molar-refractivity contribution in [1.29, 1.82) is 5.26 Å². The molecule has 0 saturated carbocycles. The Morgan fingerprint density at radius 1 is 1.19 bits per heavy atom. The van der Waals surface area contributed by atoms with Gasteiger partial charge in [0.1, 0.15) is 6.07 Å². The van der Waals surface area contributed by atoms with Crippen LogP contribution in [0.25, 0.3) is 22.6 Å². The number of hydrogen-bond donors (Lipinski definition) is 0. The second-order valence-electron chi connectivity index (χ2n) is 6.65. The smallest absolute Gasteiger partial charge is 0.340 e. The molecule has 0 radical (unpaired) electrons. The van der Waals surface area contributed by atoms with E-state index in [2.05, 4.69) is 37.3 Å². The quantitative estimate of drug-likeness (QED) is 0.639. The number of nitriles is 1. The normalized spacial score (nSPS) is 14.1. The summed E-state index contributed by atoms with van der Waals surface area (Å²) in [4.78, 5) is 17.5. The van der Waals surface area contributed by atoms with Gasteiger partial charge in [-0.1, -0.05) is 48.0 Å². The van der Waals surface area contributed by atoms with E-state index in [4.69, 9.17) is 15.0 Å². The molecule has 4 heteroatoms. The summed E-state index contributed by atoms with van der Waals surface area (Å²) in [6.07, 6.45) is 3.70. The Morgan fingerprint density at radius 2 is 1.96 bits per heavy atom. The first-order valence-electron chi connectivity index (χ1n) is 8.90. The van der Waals surface area contributed by atoms with Crippen LogP contribution in [-0.2, 0) is 11.2 Å². The van der Waals surface area contributed by atoms with E-state index in [1.54, 1.807) is 0 Å². The highest BCUT2D eigenvalue weighted by Gasteiger charge is 2.27. The second kappa shape index (κ2) is 7.05. The summed E-state index contributed by atoms with van der Waals surface area (Å²) in [7, 11) is 0. The Labute approximate surface area is 157 Å². The van der Waals surface area contributed by atoms with Crippen molar-refractivity contribution < 1.29 is 9.53 Å². The van der Waals surface area contributed by atoms with E-state index < -0.39 is 5.97 Å². The van der Waals surface area contributed by atoms with Crippen molar-refractivity contribution in [3.63, 3.8) is 0 Å². The van der Waals surface area contributed by atoms with Gasteiger partial charge in [-0.15, -0.1) is 0 Å². The first kappa shape index (κ1) is 17.0. The van der Waals surface area contributed by atoms with E-state index in [1.165, 1.54) is 5.56 Å². The third-order valence-electron chi connectivity index (χ3n) is 4.83. The van der Waals surface area contributed by atoms with Crippen molar-refractivity contribution in [3.8, 4) is 6.07 Å². The second-order valence-corrected chi connectivity index (χ2v) is 6.65. The number of aromatic nitrogens is 1. The zero-order chi connectivity index (χ0) is 18.8. The summed E-state index contributed by atoms with van der Waals surface area (Å²) in [6.45, 7) is 1.81. The number of carbonyl (C=O) groups excluding carboxylic acids is 1. The monoisotopic (exact) mass is 354 g/mol. The van der Waals surface area contributed by atoms with Crippen LogP contribution in [0.4, 0.5) is 0 Å². The van der Waals surface area contributed by atoms with Gasteiger partial charge in [0, 0.05) is 5.39 Å². The maximum Gasteiger partial charge on any atom is 0.340 e. The average Bonchev–Trinajstić information content (AvgIpc) is 3.08. The molecule has 2 aromatic carbocycles. The number of allylic oxidation sites excluding steroid dienone is 1. The minimum Gasteiger partial charge on any atom is -0.447 e. The van der Waals surface area contributed by atoms with E-state index in [0.29, 0.717) is 5.56 Å². The minimum atomic E-state index is -0.456. The zero-order valence-electron chi connectivity index (χ0n) is 15.0. The molecule has 1 aliphatic rings. The molecule has 4 nitrogen and oxygen atoms in total. The molecule has 0 aliphatic heterocycles. The molecule has 0 fully saturated rings. The molecular weight excluding hydrogens is 336 g/mol. The van der Waals surface area contributed by atoms with Gasteiger partial charge >= 0.3 is 5.97 Å². The SMILES string of the molecule is Cc1ccc(/C=C2\CCc3c2nc2ccccc2c3C(=O)OCC#N)cc1. The van der Waals surface area contributed by atoms with Crippen LogP contribution in [0.5, 0.6) is 0 Å². The number of fused-ring (bicyclic) bond motifs is 2. The van der Waals surface area contributed by atoms with Crippen LogP contribution in [0.1, 0.15) is 39.2 Å². The Hall–Kier alpha value is -3.45. The average molecular weight is 354 g/mol. The minimum absolute atomic E-state index is 0.254. The van der Waals surface area contributed by atoms with Crippen LogP contribution in [0.2, 0.25) is 0 Å². The van der Waals surface area contributed by atoms with Crippen molar-refractivity contribution in [2.24, 2.45) is 0 Å². The number of hydrogen-bond acceptors (Lipinski definition) is 4. The summed E-state index contributed by atoms with van der Waals surface area (Å²) in [5, 5.41) is 9.52. The van der Waals surface area contributed by atoms with Gasteiger partial charge in [-0.05, 0) is 48.6 Å². The van der Waals surface area contributed by atoms with Crippen molar-refractivity contribution in [1.82, 2.24) is 4.98 Å². The predicted octanol–water partition coefficient (Wildman–Crippen LogP) is 4.71. The molecule has 27 heavy (non-hydrogen) atoms. The van der Waals surface area contributed by atoms with E-state index in [1.807, 2.05) is 30.3 Å². The highest BCUT2D eigenvalue weighted by Crippen LogP contribution is 2.37. The number of para-hydroxylation sites is 1. The molecule has 1 aromatic heterocycles. The van der Waals surface area contributed by atoms with Crippen molar-refractivity contribution in [2.75, 3.05) is 6.61 Å². The van der Waals surface area contributed by atoms with Gasteiger partial charge < -0.3 is 4.74 Å². The molecule has 0 amide bonds. The van der Waals surface area contributed by atoms with Crippen molar-refractivity contribution in [2.45, 2.75) is 19.8 Å². The van der Waals surface area contributed by atoms with Crippen LogP contribution < -0.4 is 0 Å². The number of aryl methyl sites for hydroxylation is 1. The van der Waals surface area contributed by atoms with Crippen molar-refractivity contribution in [3.05, 3.63) is 76.5 Å². The highest BCUT2D eigenvalue weighted by molar-refractivity contribution is 6.07. The maximum absolute atomic E-state index is 12.7. The van der Waals surface area contributed by atoms with Crippen LogP contribution >= 0.6 is 0 Å². The largest absolute Gasteiger partial charge is 0.447 e. The number of benzene rings is 2. The lowest BCUT2D eigenvalue weighted by Crippen LogP contribution is -2.10. The first-order chi connectivity index (χ1) is 13.2. The maximum atomic E-state index is 12.7. The van der Waals surface area contributed by atoms with Crippen LogP contribution in [-0.4, -0.2) is 17.6 Å². The van der Waals surface area contributed by atoms with Crippen LogP contribution in [0.3, 0.4) is 0 Å². The number of rotatable bonds is 3. The van der Waals surface area contributed by atoms with Gasteiger partial charge in [0.25, 0.3) is 0 Å². The number of esters is 1. The lowest BCUT2D eigenvalue weighted by atomic mass is 10.0. The highest BCUT2D eigenvalue weighted by atomic mass is 16.5. The molecule has 0 atom stereocenters. The Bertz CT molecular complexity index is 1110. The molecule has 0 saturated heterocycles. The topological polar surface area (TPSA) is 63.0 Å². The number of carbonyl (C=O) groups is 1. The third-order valence-corrected chi connectivity index (χ3v) is 4.83. The Kier molecular flexibility index (Phi) is 4.43. The molecule has 1 aliphatic carbocycles. The van der Waals surface area contributed by atoms with Gasteiger partial charge in [0.2, 0.25) is 0 Å². The molecule has 0 unspecified atom stereocenters. The van der Waals surface area contributed by atoms with Gasteiger partial charge in [-0.2, -0.15) is 5.26 Å². The molecule has 0 N–H and O–H groups in total. The van der Waals surface area contributed by atoms with Crippen LogP contribution in [0.15, 0.2) is 48.5 Å². The fraction of sp³-hybridized carbons (Fsp3) is 0.174. The van der Waals surface area contributed by atoms with Crippen molar-refractivity contribution >= 4 is 28.5 Å². The number of pyridine rings is 1. The van der Waals surface area contributed by atoms with Gasteiger partial charge in [0.15, 0.2) is 6.61 Å². The van der Waals surface area contributed by atoms with Crippen LogP contribution in [0, 0.1) is 18.3 Å². The fourth-order valence-corrected chi connectivity index (χ4v) is 3.55. The molecule has 1 heterocycles. The van der Waals surface area contributed by atoms with Gasteiger partial charge in [-0.3, -0.25) is 0 Å². The van der Waals surface area contributed by atoms with Gasteiger partial charge in [0.05, 0.1) is 16.8 Å². The molecule has 0 bridgehead atoms. The first-order valence-corrected chi connectivity index (χ1v) is 8.90. The van der Waals surface area contributed by atoms with Gasteiger partial charge in [-0.25, -0.2) is 9.78 Å². The molecule has 4 rings (SSSR count). The summed E-state index contributed by atoms with van der Waals surface area (Å²) in [5.41, 5.74) is 6.53. The Balaban J connectivity index is 1.86. The summed E-state index contributed by atoms with van der Waals surface area (Å²) in [6, 6.07) is 17.8. The van der Waals surface area contributed by atoms with E-state index in [-0.39, 0.29) is 6.61 Å².